The topological polar surface area (TPSA) is 96.0 Å². The number of nitro benzene ring substituents is 1. The fourth-order valence-electron chi connectivity index (χ4n) is 1.22. The van der Waals surface area contributed by atoms with Gasteiger partial charge in [0.15, 0.2) is 12.1 Å². The number of ether oxygens (including phenoxy) is 1. The number of aromatic nitrogens is 4. The van der Waals surface area contributed by atoms with Crippen molar-refractivity contribution in [1.82, 2.24) is 20.2 Å². The van der Waals surface area contributed by atoms with Crippen LogP contribution in [0.5, 0.6) is 5.75 Å². The van der Waals surface area contributed by atoms with Crippen molar-refractivity contribution < 1.29 is 9.66 Å². The molecule has 1 heterocycles. The molecule has 0 amide bonds. The van der Waals surface area contributed by atoms with E-state index in [1.54, 1.807) is 0 Å². The quantitative estimate of drug-likeness (QED) is 0.555. The van der Waals surface area contributed by atoms with Gasteiger partial charge in [-0.2, -0.15) is 0 Å². The van der Waals surface area contributed by atoms with Crippen molar-refractivity contribution in [2.24, 2.45) is 0 Å². The van der Waals surface area contributed by atoms with Crippen LogP contribution in [0.4, 0.5) is 5.69 Å². The van der Waals surface area contributed by atoms with Crippen molar-refractivity contribution in [3.8, 4) is 11.4 Å². The molecule has 8 nitrogen and oxygen atoms in total. The van der Waals surface area contributed by atoms with Crippen LogP contribution < -0.4 is 4.74 Å². The highest BCUT2D eigenvalue weighted by Gasteiger charge is 2.13. The second-order valence-corrected chi connectivity index (χ2v) is 2.84. The van der Waals surface area contributed by atoms with Gasteiger partial charge in [0.05, 0.1) is 18.1 Å². The molecule has 0 saturated carbocycles. The van der Waals surface area contributed by atoms with Gasteiger partial charge in [-0.15, -0.1) is 15.0 Å². The minimum Gasteiger partial charge on any atom is -0.494 e. The van der Waals surface area contributed by atoms with Crippen LogP contribution in [0.3, 0.4) is 0 Å². The number of benzene rings is 1. The van der Waals surface area contributed by atoms with E-state index in [0.29, 0.717) is 11.4 Å². The molecule has 2 aromatic rings. The fourth-order valence-corrected chi connectivity index (χ4v) is 1.22. The van der Waals surface area contributed by atoms with Crippen LogP contribution in [-0.4, -0.2) is 32.2 Å². The van der Waals surface area contributed by atoms with Crippen molar-refractivity contribution in [3.63, 3.8) is 0 Å². The molecule has 0 atom stereocenters. The summed E-state index contributed by atoms with van der Waals surface area (Å²) in [5, 5.41) is 21.6. The molecule has 0 aliphatic carbocycles. The summed E-state index contributed by atoms with van der Waals surface area (Å²) in [7, 11) is 1.42. The van der Waals surface area contributed by atoms with Gasteiger partial charge in [0.2, 0.25) is 0 Å². The van der Waals surface area contributed by atoms with Crippen LogP contribution >= 0.6 is 0 Å². The van der Waals surface area contributed by atoms with E-state index in [-0.39, 0.29) is 5.69 Å². The third-order valence-corrected chi connectivity index (χ3v) is 1.94. The predicted molar refractivity (Wildman–Crippen MR) is 52.4 cm³/mol. The number of hydrogen-bond donors (Lipinski definition) is 0. The van der Waals surface area contributed by atoms with Crippen LogP contribution in [0.15, 0.2) is 24.5 Å². The second kappa shape index (κ2) is 3.93. The summed E-state index contributed by atoms with van der Waals surface area (Å²) in [5.74, 6) is 0.312. The Morgan fingerprint density at radius 3 is 2.88 bits per heavy atom. The van der Waals surface area contributed by atoms with Crippen molar-refractivity contribution in [2.75, 3.05) is 7.11 Å². The standard InChI is InChI=1S/C8H7N5O3/c1-16-8-4-6(13(14)15)2-3-7(8)12-10-5-9-11-12/h2-5H,1H3. The highest BCUT2D eigenvalue weighted by atomic mass is 16.6. The first-order valence-corrected chi connectivity index (χ1v) is 4.28. The minimum absolute atomic E-state index is 0.0549. The number of tetrazole rings is 1. The molecule has 1 aromatic heterocycles. The highest BCUT2D eigenvalue weighted by Crippen LogP contribution is 2.26. The molecule has 0 spiro atoms. The third-order valence-electron chi connectivity index (χ3n) is 1.94. The first-order valence-electron chi connectivity index (χ1n) is 4.28. The maximum absolute atomic E-state index is 10.6. The minimum atomic E-state index is -0.499. The van der Waals surface area contributed by atoms with Gasteiger partial charge in [-0.3, -0.25) is 10.1 Å². The largest absolute Gasteiger partial charge is 0.494 e. The van der Waals surface area contributed by atoms with Gasteiger partial charge in [0.1, 0.15) is 5.69 Å². The normalized spacial score (nSPS) is 10.1. The number of nitrogens with zero attached hydrogens (tertiary/aromatic N) is 5. The van der Waals surface area contributed by atoms with Gasteiger partial charge in [-0.25, -0.2) is 0 Å². The number of non-ortho nitro benzene ring substituents is 1. The molecule has 0 fully saturated rings. The summed E-state index contributed by atoms with van der Waals surface area (Å²) in [6, 6.07) is 4.15. The van der Waals surface area contributed by atoms with Crippen LogP contribution in [0, 0.1) is 10.1 Å². The Labute approximate surface area is 89.6 Å². The Balaban J connectivity index is 2.51. The summed E-state index contributed by atoms with van der Waals surface area (Å²) in [6.45, 7) is 0. The zero-order chi connectivity index (χ0) is 11.5. The molecule has 0 aliphatic rings. The molecule has 2 rings (SSSR count). The average Bonchev–Trinajstić information content (AvgIpc) is 2.81. The van der Waals surface area contributed by atoms with Gasteiger partial charge in [-0.1, -0.05) is 0 Å². The monoisotopic (exact) mass is 221 g/mol. The van der Waals surface area contributed by atoms with Crippen molar-refractivity contribution in [3.05, 3.63) is 34.6 Å². The maximum Gasteiger partial charge on any atom is 0.273 e. The smallest absolute Gasteiger partial charge is 0.273 e. The van der Waals surface area contributed by atoms with Crippen LogP contribution in [0.25, 0.3) is 5.69 Å². The lowest BCUT2D eigenvalue weighted by Crippen LogP contribution is -2.02. The number of rotatable bonds is 3. The van der Waals surface area contributed by atoms with Gasteiger partial charge >= 0.3 is 0 Å². The molecular weight excluding hydrogens is 214 g/mol. The van der Waals surface area contributed by atoms with Crippen LogP contribution in [0.2, 0.25) is 0 Å². The third kappa shape index (κ3) is 1.67. The Kier molecular flexibility index (Phi) is 2.46. The Morgan fingerprint density at radius 1 is 1.50 bits per heavy atom. The van der Waals surface area contributed by atoms with E-state index in [2.05, 4.69) is 15.4 Å². The van der Waals surface area contributed by atoms with E-state index in [9.17, 15) is 10.1 Å². The Hall–Kier alpha value is -2.51. The molecule has 1 aromatic carbocycles. The maximum atomic E-state index is 10.6. The van der Waals surface area contributed by atoms with Crippen molar-refractivity contribution >= 4 is 5.69 Å². The lowest BCUT2D eigenvalue weighted by Gasteiger charge is -2.05. The first kappa shape index (κ1) is 10.0. The second-order valence-electron chi connectivity index (χ2n) is 2.84. The van der Waals surface area contributed by atoms with Crippen molar-refractivity contribution in [2.45, 2.75) is 0 Å². The lowest BCUT2D eigenvalue weighted by molar-refractivity contribution is -0.384. The molecule has 0 saturated heterocycles. The van der Waals surface area contributed by atoms with E-state index in [0.717, 1.165) is 0 Å². The molecule has 0 aliphatic heterocycles. The first-order chi connectivity index (χ1) is 7.72. The summed E-state index contributed by atoms with van der Waals surface area (Å²) >= 11 is 0. The summed E-state index contributed by atoms with van der Waals surface area (Å²) in [4.78, 5) is 11.3. The number of nitro groups is 1. The number of hydrogen-bond acceptors (Lipinski definition) is 6. The Morgan fingerprint density at radius 2 is 2.31 bits per heavy atom. The molecular formula is C8H7N5O3. The van der Waals surface area contributed by atoms with E-state index >= 15 is 0 Å². The lowest BCUT2D eigenvalue weighted by atomic mass is 10.2. The summed E-state index contributed by atoms with van der Waals surface area (Å²) in [5.41, 5.74) is 0.436. The zero-order valence-electron chi connectivity index (χ0n) is 8.27. The van der Waals surface area contributed by atoms with E-state index in [1.165, 1.54) is 36.4 Å². The molecule has 0 unspecified atom stereocenters. The molecule has 16 heavy (non-hydrogen) atoms. The highest BCUT2D eigenvalue weighted by molar-refractivity contribution is 5.52. The van der Waals surface area contributed by atoms with E-state index in [4.69, 9.17) is 4.74 Å². The summed E-state index contributed by atoms with van der Waals surface area (Å²) < 4.78 is 5.03. The van der Waals surface area contributed by atoms with Crippen LogP contribution in [-0.2, 0) is 0 Å². The van der Waals surface area contributed by atoms with Crippen LogP contribution in [0.1, 0.15) is 0 Å². The van der Waals surface area contributed by atoms with Gasteiger partial charge < -0.3 is 4.74 Å². The van der Waals surface area contributed by atoms with E-state index < -0.39 is 4.92 Å². The zero-order valence-corrected chi connectivity index (χ0v) is 8.27. The van der Waals surface area contributed by atoms with Gasteiger partial charge in [0.25, 0.3) is 5.69 Å². The van der Waals surface area contributed by atoms with Crippen molar-refractivity contribution in [1.29, 1.82) is 0 Å². The molecule has 8 heteroatoms. The van der Waals surface area contributed by atoms with Gasteiger partial charge in [0, 0.05) is 6.07 Å². The molecule has 82 valence electrons. The number of methoxy groups -OCH3 is 1. The molecule has 0 radical (unpaired) electrons. The fraction of sp³-hybridized carbons (Fsp3) is 0.125. The van der Waals surface area contributed by atoms with Gasteiger partial charge in [-0.05, 0) is 11.3 Å². The molecule has 0 bridgehead atoms. The van der Waals surface area contributed by atoms with E-state index in [1.807, 2.05) is 0 Å². The predicted octanol–water partition coefficient (Wildman–Crippen LogP) is 0.579. The Bertz CT molecular complexity index is 510. The SMILES string of the molecule is COc1cc([N+](=O)[O-])ccc1-n1ncnn1. The average molecular weight is 221 g/mol. The summed E-state index contributed by atoms with van der Waals surface area (Å²) in [6.07, 6.45) is 1.26. The molecule has 0 N–H and O–H groups in total.